The average Bonchev–Trinajstić information content (AvgIpc) is 3.37. The van der Waals surface area contributed by atoms with Gasteiger partial charge in [0.15, 0.2) is 0 Å². The molecule has 0 aliphatic heterocycles. The lowest BCUT2D eigenvalue weighted by atomic mass is 10.1. The van der Waals surface area contributed by atoms with Crippen molar-refractivity contribution in [2.75, 3.05) is 10.6 Å². The maximum atomic E-state index is 13.0. The molecule has 3 atom stereocenters. The Morgan fingerprint density at radius 1 is 1.11 bits per heavy atom. The van der Waals surface area contributed by atoms with Crippen LogP contribution in [-0.2, 0) is 0 Å². The highest BCUT2D eigenvalue weighted by Crippen LogP contribution is 2.65. The number of rotatable bonds is 6. The Kier molecular flexibility index (Phi) is 6.55. The number of halogens is 2. The van der Waals surface area contributed by atoms with E-state index in [1.54, 1.807) is 30.3 Å². The number of alkyl halides is 1. The number of phenols is 1. The number of nitrogens with zero attached hydrogens (tertiary/aromatic N) is 1. The fraction of sp³-hybridized carbons (Fsp3) is 0.214. The van der Waals surface area contributed by atoms with Crippen molar-refractivity contribution >= 4 is 40.5 Å². The Hall–Kier alpha value is -3.46. The number of anilines is 2. The van der Waals surface area contributed by atoms with Crippen LogP contribution in [-0.4, -0.2) is 15.9 Å². The third-order valence-electron chi connectivity index (χ3n) is 6.41. The van der Waals surface area contributed by atoms with Gasteiger partial charge in [-0.3, -0.25) is 4.79 Å². The number of carbonyl (C=O) groups is 1. The number of nitriles is 1. The molecular weight excluding hydrogens is 481 g/mol. The zero-order chi connectivity index (χ0) is 25.5. The third kappa shape index (κ3) is 5.00. The number of benzene rings is 3. The van der Waals surface area contributed by atoms with Crippen molar-refractivity contribution in [3.8, 4) is 11.8 Å². The molecule has 35 heavy (non-hydrogen) atoms. The molecule has 1 saturated carbocycles. The number of nitrogens with one attached hydrogen (secondary N) is 2. The number of hydrogen-bond donors (Lipinski definition) is 3. The van der Waals surface area contributed by atoms with Crippen LogP contribution in [0.25, 0.3) is 0 Å². The predicted molar refractivity (Wildman–Crippen MR) is 141 cm³/mol. The topological polar surface area (TPSA) is 85.2 Å². The Bertz CT molecular complexity index is 1370. The van der Waals surface area contributed by atoms with Gasteiger partial charge in [-0.25, -0.2) is 0 Å². The van der Waals surface area contributed by atoms with E-state index in [9.17, 15) is 15.2 Å². The number of hydrogen-bond acceptors (Lipinski definition) is 4. The van der Waals surface area contributed by atoms with Gasteiger partial charge in [-0.2, -0.15) is 5.26 Å². The molecule has 1 aliphatic carbocycles. The van der Waals surface area contributed by atoms with Crippen LogP contribution in [0.3, 0.4) is 0 Å². The van der Waals surface area contributed by atoms with Crippen LogP contribution in [0.1, 0.15) is 45.5 Å². The first-order chi connectivity index (χ1) is 16.5. The van der Waals surface area contributed by atoms with E-state index >= 15 is 0 Å². The number of allylic oxidation sites excluding steroid dienone is 1. The van der Waals surface area contributed by atoms with Crippen LogP contribution in [0, 0.1) is 31.1 Å². The molecule has 0 aromatic heterocycles. The maximum Gasteiger partial charge on any atom is 0.256 e. The molecule has 3 unspecified atom stereocenters. The summed E-state index contributed by atoms with van der Waals surface area (Å²) in [7, 11) is 0. The fourth-order valence-electron chi connectivity index (χ4n) is 4.58. The van der Waals surface area contributed by atoms with Gasteiger partial charge in [-0.05, 0) is 79.9 Å². The molecule has 3 aromatic carbocycles. The first kappa shape index (κ1) is 24.7. The molecule has 0 heterocycles. The molecule has 4 rings (SSSR count). The number of amides is 1. The minimum Gasteiger partial charge on any atom is -0.508 e. The third-order valence-corrected chi connectivity index (χ3v) is 7.10. The van der Waals surface area contributed by atoms with Crippen LogP contribution < -0.4 is 10.6 Å². The van der Waals surface area contributed by atoms with Gasteiger partial charge in [0.1, 0.15) is 11.8 Å². The van der Waals surface area contributed by atoms with Crippen LogP contribution in [0.4, 0.5) is 11.4 Å². The Balaban J connectivity index is 1.53. The van der Waals surface area contributed by atoms with Crippen molar-refractivity contribution in [1.29, 1.82) is 5.26 Å². The highest BCUT2D eigenvalue weighted by atomic mass is 35.5. The highest BCUT2D eigenvalue weighted by molar-refractivity contribution is 6.31. The summed E-state index contributed by atoms with van der Waals surface area (Å²) < 4.78 is 0. The minimum atomic E-state index is -0.592. The molecule has 5 nitrogen and oxygen atoms in total. The zero-order valence-electron chi connectivity index (χ0n) is 19.6. The second kappa shape index (κ2) is 9.30. The van der Waals surface area contributed by atoms with E-state index in [1.165, 1.54) is 6.07 Å². The fourth-order valence-corrected chi connectivity index (χ4v) is 5.26. The van der Waals surface area contributed by atoms with Crippen molar-refractivity contribution in [1.82, 2.24) is 0 Å². The molecular formula is C28H25Cl2N3O2. The Labute approximate surface area is 215 Å². The van der Waals surface area contributed by atoms with Crippen molar-refractivity contribution in [2.45, 2.75) is 31.6 Å². The largest absolute Gasteiger partial charge is 0.508 e. The number of aromatic hydroxyl groups is 1. The average molecular weight is 506 g/mol. The molecule has 3 aromatic rings. The Morgan fingerprint density at radius 3 is 2.54 bits per heavy atom. The van der Waals surface area contributed by atoms with E-state index in [1.807, 2.05) is 39.0 Å². The molecule has 1 amide bonds. The van der Waals surface area contributed by atoms with Gasteiger partial charge < -0.3 is 15.7 Å². The molecule has 1 fully saturated rings. The first-order valence-electron chi connectivity index (χ1n) is 11.1. The van der Waals surface area contributed by atoms with E-state index in [4.69, 9.17) is 23.2 Å². The summed E-state index contributed by atoms with van der Waals surface area (Å²) in [5.41, 5.74) is 5.34. The summed E-state index contributed by atoms with van der Waals surface area (Å²) in [6.07, 6.45) is 0. The van der Waals surface area contributed by atoms with Gasteiger partial charge in [0.25, 0.3) is 5.91 Å². The molecule has 3 N–H and O–H groups in total. The summed E-state index contributed by atoms with van der Waals surface area (Å²) in [5, 5.41) is 25.9. The van der Waals surface area contributed by atoms with Crippen molar-refractivity contribution in [3.05, 3.63) is 99.7 Å². The van der Waals surface area contributed by atoms with Crippen molar-refractivity contribution in [2.24, 2.45) is 5.92 Å². The number of phenolic OH excluding ortho intramolecular Hbond substituents is 1. The van der Waals surface area contributed by atoms with Gasteiger partial charge in [0.2, 0.25) is 0 Å². The lowest BCUT2D eigenvalue weighted by Crippen LogP contribution is -2.15. The quantitative estimate of drug-likeness (QED) is 0.311. The van der Waals surface area contributed by atoms with Crippen molar-refractivity contribution < 1.29 is 9.90 Å². The number of aryl methyl sites for hydroxylation is 2. The van der Waals surface area contributed by atoms with Crippen LogP contribution in [0.15, 0.2) is 66.9 Å². The monoisotopic (exact) mass is 505 g/mol. The lowest BCUT2D eigenvalue weighted by Gasteiger charge is -2.14. The zero-order valence-corrected chi connectivity index (χ0v) is 21.1. The van der Waals surface area contributed by atoms with Gasteiger partial charge >= 0.3 is 0 Å². The molecule has 0 spiro atoms. The van der Waals surface area contributed by atoms with E-state index in [-0.39, 0.29) is 23.5 Å². The van der Waals surface area contributed by atoms with E-state index in [0.29, 0.717) is 33.2 Å². The molecule has 0 radical (unpaired) electrons. The number of carbonyl (C=O) groups excluding carboxylic acids is 1. The van der Waals surface area contributed by atoms with Gasteiger partial charge in [0, 0.05) is 33.8 Å². The molecule has 1 aliphatic rings. The van der Waals surface area contributed by atoms with E-state index in [0.717, 1.165) is 16.7 Å². The van der Waals surface area contributed by atoms with Gasteiger partial charge in [-0.15, -0.1) is 11.6 Å². The summed E-state index contributed by atoms with van der Waals surface area (Å²) in [4.78, 5) is 12.5. The second-order valence-electron chi connectivity index (χ2n) is 9.14. The maximum absolute atomic E-state index is 13.0. The Morgan fingerprint density at radius 2 is 1.86 bits per heavy atom. The minimum absolute atomic E-state index is 0.0760. The summed E-state index contributed by atoms with van der Waals surface area (Å²) in [6.45, 7) is 9.87. The van der Waals surface area contributed by atoms with Crippen LogP contribution in [0.5, 0.6) is 5.75 Å². The predicted octanol–water partition coefficient (Wildman–Crippen LogP) is 7.12. The van der Waals surface area contributed by atoms with Gasteiger partial charge in [0.05, 0.1) is 16.1 Å². The second-order valence-corrected chi connectivity index (χ2v) is 10.4. The molecule has 0 saturated heterocycles. The SMILES string of the molecule is C=C(Nc1ccc(C)c(C(=O)Nc2ccc(C)cc2C#N)c1)C1C(c2cc(O)cc(Cl)c2)C1(C)Cl. The normalized spacial score (nSPS) is 20.6. The summed E-state index contributed by atoms with van der Waals surface area (Å²) in [6, 6.07) is 17.9. The molecule has 178 valence electrons. The highest BCUT2D eigenvalue weighted by Gasteiger charge is 2.62. The summed E-state index contributed by atoms with van der Waals surface area (Å²) >= 11 is 12.9. The smallest absolute Gasteiger partial charge is 0.256 e. The summed E-state index contributed by atoms with van der Waals surface area (Å²) in [5.74, 6) is -0.399. The standard InChI is InChI=1S/C28H25Cl2N3O2/c1-15-5-8-24(19(9-15)14-31)33-27(35)23-13-21(7-6-16(23)2)32-17(3)25-26(28(25,4)30)18-10-20(29)12-22(34)11-18/h5-13,25-26,32,34H,3H2,1-2,4H3,(H,33,35). The first-order valence-corrected chi connectivity index (χ1v) is 11.8. The lowest BCUT2D eigenvalue weighted by molar-refractivity contribution is 0.102. The van der Waals surface area contributed by atoms with Crippen LogP contribution >= 0.6 is 23.2 Å². The van der Waals surface area contributed by atoms with E-state index < -0.39 is 4.87 Å². The molecule has 0 bridgehead atoms. The van der Waals surface area contributed by atoms with Crippen molar-refractivity contribution in [3.63, 3.8) is 0 Å². The van der Waals surface area contributed by atoms with Gasteiger partial charge in [-0.1, -0.05) is 30.3 Å². The van der Waals surface area contributed by atoms with E-state index in [2.05, 4.69) is 23.3 Å². The van der Waals surface area contributed by atoms with Crippen LogP contribution in [0.2, 0.25) is 5.02 Å². The molecule has 7 heteroatoms.